The van der Waals surface area contributed by atoms with Gasteiger partial charge in [0.1, 0.15) is 6.04 Å². The maximum Gasteiger partial charge on any atom is 0.282 e. The molecule has 5 heteroatoms. The lowest BCUT2D eigenvalue weighted by atomic mass is 9.97. The Hall–Kier alpha value is -3.44. The second-order valence-corrected chi connectivity index (χ2v) is 7.21. The number of rotatable bonds is 7. The fourth-order valence-corrected chi connectivity index (χ4v) is 3.20. The summed E-state index contributed by atoms with van der Waals surface area (Å²) in [6.07, 6.45) is 0. The summed E-state index contributed by atoms with van der Waals surface area (Å²) in [6, 6.07) is 24.8. The number of anilines is 1. The zero-order chi connectivity index (χ0) is 20.8. The van der Waals surface area contributed by atoms with Gasteiger partial charge in [-0.3, -0.25) is 9.59 Å². The fourth-order valence-electron chi connectivity index (χ4n) is 3.20. The minimum Gasteiger partial charge on any atom is -0.366 e. The van der Waals surface area contributed by atoms with Crippen molar-refractivity contribution in [2.75, 3.05) is 5.32 Å². The van der Waals surface area contributed by atoms with Gasteiger partial charge in [0.15, 0.2) is 6.04 Å². The highest BCUT2D eigenvalue weighted by Crippen LogP contribution is 2.19. The van der Waals surface area contributed by atoms with Gasteiger partial charge >= 0.3 is 0 Å². The predicted octanol–water partition coefficient (Wildman–Crippen LogP) is 2.77. The number of quaternary nitrogens is 1. The second kappa shape index (κ2) is 9.17. The van der Waals surface area contributed by atoms with E-state index in [1.165, 1.54) is 5.56 Å². The molecule has 0 aliphatic heterocycles. The maximum atomic E-state index is 12.7. The lowest BCUT2D eigenvalue weighted by Crippen LogP contribution is -2.92. The van der Waals surface area contributed by atoms with E-state index in [9.17, 15) is 9.59 Å². The van der Waals surface area contributed by atoms with Gasteiger partial charge in [0.05, 0.1) is 0 Å². The van der Waals surface area contributed by atoms with Crippen LogP contribution in [0.5, 0.6) is 0 Å². The van der Waals surface area contributed by atoms with E-state index < -0.39 is 5.91 Å². The minimum absolute atomic E-state index is 0.00906. The number of hydrogen-bond donors (Lipinski definition) is 3. The molecule has 29 heavy (non-hydrogen) atoms. The van der Waals surface area contributed by atoms with Crippen molar-refractivity contribution in [2.24, 2.45) is 5.73 Å². The molecule has 0 saturated carbocycles. The molecule has 3 aromatic rings. The fraction of sp³-hybridized carbons (Fsp3) is 0.167. The van der Waals surface area contributed by atoms with Crippen LogP contribution in [0, 0.1) is 6.92 Å². The maximum absolute atomic E-state index is 12.7. The molecule has 0 aromatic heterocycles. The molecular weight excluding hydrogens is 362 g/mol. The molecule has 0 aliphatic carbocycles. The summed E-state index contributed by atoms with van der Waals surface area (Å²) in [5, 5.41) is 4.97. The minimum atomic E-state index is -0.492. The van der Waals surface area contributed by atoms with Crippen molar-refractivity contribution in [3.63, 3.8) is 0 Å². The van der Waals surface area contributed by atoms with Gasteiger partial charge in [-0.25, -0.2) is 0 Å². The second-order valence-electron chi connectivity index (χ2n) is 7.21. The van der Waals surface area contributed by atoms with Crippen LogP contribution in [0.1, 0.15) is 40.0 Å². The molecule has 0 unspecified atom stereocenters. The van der Waals surface area contributed by atoms with Crippen molar-refractivity contribution in [2.45, 2.75) is 25.9 Å². The molecule has 0 heterocycles. The van der Waals surface area contributed by atoms with Crippen LogP contribution in [0.15, 0.2) is 78.9 Å². The SMILES string of the molecule is Cc1ccc([C@H]([NH2+][C@@H](C)C(=O)Nc2ccc(C(N)=O)cc2)c2ccccc2)cc1. The van der Waals surface area contributed by atoms with Crippen LogP contribution in [0.3, 0.4) is 0 Å². The molecular formula is C24H26N3O2+. The van der Waals surface area contributed by atoms with Crippen LogP contribution < -0.4 is 16.4 Å². The Kier molecular flexibility index (Phi) is 6.42. The summed E-state index contributed by atoms with van der Waals surface area (Å²) in [5.74, 6) is -0.599. The van der Waals surface area contributed by atoms with Crippen molar-refractivity contribution in [3.8, 4) is 0 Å². The van der Waals surface area contributed by atoms with Gasteiger partial charge in [-0.2, -0.15) is 0 Å². The van der Waals surface area contributed by atoms with E-state index in [1.54, 1.807) is 24.3 Å². The molecule has 148 valence electrons. The first-order valence-corrected chi connectivity index (χ1v) is 9.61. The molecule has 0 spiro atoms. The van der Waals surface area contributed by atoms with Crippen LogP contribution in [-0.2, 0) is 4.79 Å². The van der Waals surface area contributed by atoms with E-state index in [0.717, 1.165) is 11.1 Å². The Bertz CT molecular complexity index is 967. The number of nitrogens with two attached hydrogens (primary N) is 2. The molecule has 3 aromatic carbocycles. The number of carbonyl (C=O) groups excluding carboxylic acids is 2. The lowest BCUT2D eigenvalue weighted by molar-refractivity contribution is -0.704. The van der Waals surface area contributed by atoms with Crippen LogP contribution in [0.4, 0.5) is 5.69 Å². The van der Waals surface area contributed by atoms with Gasteiger partial charge < -0.3 is 16.4 Å². The Morgan fingerprint density at radius 3 is 2.03 bits per heavy atom. The topological polar surface area (TPSA) is 88.8 Å². The van der Waals surface area contributed by atoms with Gasteiger partial charge in [-0.15, -0.1) is 0 Å². The monoisotopic (exact) mass is 388 g/mol. The molecule has 0 aliphatic rings. The summed E-state index contributed by atoms with van der Waals surface area (Å²) < 4.78 is 0. The first kappa shape index (κ1) is 20.3. The van der Waals surface area contributed by atoms with Gasteiger partial charge in [-0.05, 0) is 38.1 Å². The first-order valence-electron chi connectivity index (χ1n) is 9.61. The van der Waals surface area contributed by atoms with Crippen molar-refractivity contribution in [1.29, 1.82) is 0 Å². The molecule has 3 rings (SSSR count). The van der Waals surface area contributed by atoms with Crippen molar-refractivity contribution < 1.29 is 14.9 Å². The van der Waals surface area contributed by atoms with Gasteiger partial charge in [-0.1, -0.05) is 60.2 Å². The van der Waals surface area contributed by atoms with Crippen LogP contribution in [-0.4, -0.2) is 17.9 Å². The Labute approximate surface area is 170 Å². The highest BCUT2D eigenvalue weighted by Gasteiger charge is 2.24. The number of primary amides is 1. The highest BCUT2D eigenvalue weighted by atomic mass is 16.2. The first-order chi connectivity index (χ1) is 13.9. The molecule has 0 fully saturated rings. The van der Waals surface area contributed by atoms with Crippen LogP contribution >= 0.6 is 0 Å². The molecule has 2 atom stereocenters. The molecule has 5 N–H and O–H groups in total. The summed E-state index contributed by atoms with van der Waals surface area (Å²) in [6.45, 7) is 3.95. The zero-order valence-corrected chi connectivity index (χ0v) is 16.6. The predicted molar refractivity (Wildman–Crippen MR) is 114 cm³/mol. The smallest absolute Gasteiger partial charge is 0.282 e. The third-order valence-electron chi connectivity index (χ3n) is 4.93. The molecule has 0 saturated heterocycles. The van der Waals surface area contributed by atoms with Gasteiger partial charge in [0.2, 0.25) is 5.91 Å². The zero-order valence-electron chi connectivity index (χ0n) is 16.6. The lowest BCUT2D eigenvalue weighted by Gasteiger charge is -2.21. The molecule has 2 amide bonds. The third-order valence-corrected chi connectivity index (χ3v) is 4.93. The summed E-state index contributed by atoms with van der Waals surface area (Å²) in [5.41, 5.74) is 9.78. The Morgan fingerprint density at radius 1 is 0.862 bits per heavy atom. The number of benzene rings is 3. The molecule has 5 nitrogen and oxygen atoms in total. The number of hydrogen-bond acceptors (Lipinski definition) is 2. The van der Waals surface area contributed by atoms with Gasteiger partial charge in [0, 0.05) is 22.4 Å². The molecule has 0 radical (unpaired) electrons. The number of aryl methyl sites for hydroxylation is 1. The quantitative estimate of drug-likeness (QED) is 0.581. The van der Waals surface area contributed by atoms with Crippen molar-refractivity contribution in [3.05, 3.63) is 101 Å². The number of nitrogens with one attached hydrogen (secondary N) is 1. The largest absolute Gasteiger partial charge is 0.366 e. The van der Waals surface area contributed by atoms with Crippen LogP contribution in [0.2, 0.25) is 0 Å². The van der Waals surface area contributed by atoms with Crippen molar-refractivity contribution >= 4 is 17.5 Å². The van der Waals surface area contributed by atoms with E-state index in [0.29, 0.717) is 11.3 Å². The molecule has 0 bridgehead atoms. The van der Waals surface area contributed by atoms with E-state index in [4.69, 9.17) is 5.73 Å². The number of amides is 2. The number of carbonyl (C=O) groups is 2. The van der Waals surface area contributed by atoms with E-state index >= 15 is 0 Å². The third kappa shape index (κ3) is 5.30. The van der Waals surface area contributed by atoms with E-state index in [-0.39, 0.29) is 18.0 Å². The summed E-state index contributed by atoms with van der Waals surface area (Å²) >= 11 is 0. The van der Waals surface area contributed by atoms with Crippen molar-refractivity contribution in [1.82, 2.24) is 0 Å². The summed E-state index contributed by atoms with van der Waals surface area (Å²) in [7, 11) is 0. The normalized spacial score (nSPS) is 12.8. The average molecular weight is 388 g/mol. The Morgan fingerprint density at radius 2 is 1.45 bits per heavy atom. The average Bonchev–Trinajstić information content (AvgIpc) is 2.73. The summed E-state index contributed by atoms with van der Waals surface area (Å²) in [4.78, 5) is 23.9. The van der Waals surface area contributed by atoms with Crippen LogP contribution in [0.25, 0.3) is 0 Å². The van der Waals surface area contributed by atoms with E-state index in [2.05, 4.69) is 54.0 Å². The van der Waals surface area contributed by atoms with E-state index in [1.807, 2.05) is 25.1 Å². The Balaban J connectivity index is 1.75. The standard InChI is InChI=1S/C24H25N3O2/c1-16-8-10-19(11-9-16)22(18-6-4-3-5-7-18)26-17(2)24(29)27-21-14-12-20(13-15-21)23(25)28/h3-15,17,22,26H,1-2H3,(H2,25,28)(H,27,29)/p+1/t17-,22+/m0/s1. The van der Waals surface area contributed by atoms with Gasteiger partial charge in [0.25, 0.3) is 5.91 Å². The highest BCUT2D eigenvalue weighted by molar-refractivity contribution is 5.95.